The minimum atomic E-state index is 0. The average Bonchev–Trinajstić information content (AvgIpc) is 1.79. The van der Waals surface area contributed by atoms with Crippen molar-refractivity contribution in [3.63, 3.8) is 0 Å². The second-order valence-electron chi connectivity index (χ2n) is 1.56. The summed E-state index contributed by atoms with van der Waals surface area (Å²) in [5, 5.41) is 0. The molecule has 3 heteroatoms. The molecule has 0 aromatic heterocycles. The van der Waals surface area contributed by atoms with Gasteiger partial charge < -0.3 is 11.5 Å². The maximum absolute atomic E-state index is 5.24. The Morgan fingerprint density at radius 3 is 1.33 bits per heavy atom. The topological polar surface area (TPSA) is 52.0 Å². The standard InChI is InChI=1S/C3H8N2.ClH/c4-2-1-3(2)5;/h2-3H,1,4-5H2;1H/t2-,3?;/m0./s1. The molecule has 1 saturated carbocycles. The molecule has 1 fully saturated rings. The summed E-state index contributed by atoms with van der Waals surface area (Å²) in [5.74, 6) is 0. The van der Waals surface area contributed by atoms with Crippen molar-refractivity contribution < 1.29 is 0 Å². The molecule has 1 unspecified atom stereocenters. The van der Waals surface area contributed by atoms with Crippen LogP contribution in [-0.4, -0.2) is 12.1 Å². The van der Waals surface area contributed by atoms with Crippen molar-refractivity contribution in [1.82, 2.24) is 0 Å². The lowest BCUT2D eigenvalue weighted by Gasteiger charge is -1.70. The van der Waals surface area contributed by atoms with E-state index in [1.807, 2.05) is 0 Å². The number of hydrogen-bond acceptors (Lipinski definition) is 2. The van der Waals surface area contributed by atoms with E-state index in [9.17, 15) is 0 Å². The van der Waals surface area contributed by atoms with Crippen molar-refractivity contribution in [2.24, 2.45) is 11.5 Å². The Bertz CT molecular complexity index is 42.1. The van der Waals surface area contributed by atoms with Gasteiger partial charge in [-0.15, -0.1) is 12.4 Å². The smallest absolute Gasteiger partial charge is 0.0208 e. The SMILES string of the molecule is Cl.NC1C[C@@H]1N. The minimum absolute atomic E-state index is 0. The van der Waals surface area contributed by atoms with Crippen LogP contribution in [0.2, 0.25) is 0 Å². The van der Waals surface area contributed by atoms with Crippen LogP contribution in [0.15, 0.2) is 0 Å². The lowest BCUT2D eigenvalue weighted by atomic mass is 10.7. The van der Waals surface area contributed by atoms with Gasteiger partial charge in [0.15, 0.2) is 0 Å². The maximum atomic E-state index is 5.24. The highest BCUT2D eigenvalue weighted by atomic mass is 35.5. The fraction of sp³-hybridized carbons (Fsp3) is 1.00. The van der Waals surface area contributed by atoms with Gasteiger partial charge in [0, 0.05) is 12.1 Å². The second-order valence-corrected chi connectivity index (χ2v) is 1.56. The molecule has 0 radical (unpaired) electrons. The van der Waals surface area contributed by atoms with E-state index in [0.29, 0.717) is 12.1 Å². The Morgan fingerprint density at radius 2 is 1.33 bits per heavy atom. The molecule has 0 heterocycles. The Kier molecular flexibility index (Phi) is 1.84. The zero-order valence-corrected chi connectivity index (χ0v) is 4.24. The molecule has 0 aliphatic heterocycles. The Morgan fingerprint density at radius 1 is 1.17 bits per heavy atom. The molecule has 2 atom stereocenters. The summed E-state index contributed by atoms with van der Waals surface area (Å²) in [5.41, 5.74) is 10.5. The van der Waals surface area contributed by atoms with E-state index < -0.39 is 0 Å². The van der Waals surface area contributed by atoms with E-state index in [-0.39, 0.29) is 12.4 Å². The summed E-state index contributed by atoms with van der Waals surface area (Å²) in [6.07, 6.45) is 1.03. The first-order valence-electron chi connectivity index (χ1n) is 1.82. The largest absolute Gasteiger partial charge is 0.326 e. The highest BCUT2D eigenvalue weighted by molar-refractivity contribution is 5.85. The fourth-order valence-electron chi connectivity index (χ4n) is 0.236. The Hall–Kier alpha value is 0.210. The molecule has 0 spiro atoms. The zero-order valence-electron chi connectivity index (χ0n) is 3.42. The van der Waals surface area contributed by atoms with E-state index in [4.69, 9.17) is 11.5 Å². The molecule has 6 heavy (non-hydrogen) atoms. The van der Waals surface area contributed by atoms with Crippen molar-refractivity contribution in [1.29, 1.82) is 0 Å². The van der Waals surface area contributed by atoms with Crippen molar-refractivity contribution >= 4 is 12.4 Å². The third kappa shape index (κ3) is 1.12. The highest BCUT2D eigenvalue weighted by Crippen LogP contribution is 2.12. The second kappa shape index (κ2) is 1.78. The molecule has 1 aliphatic rings. The van der Waals surface area contributed by atoms with Gasteiger partial charge in [-0.3, -0.25) is 0 Å². The molecule has 4 N–H and O–H groups in total. The Balaban J connectivity index is 0.000000250. The number of rotatable bonds is 0. The molecular formula is C3H9ClN2. The molecule has 2 nitrogen and oxygen atoms in total. The van der Waals surface area contributed by atoms with Gasteiger partial charge in [-0.2, -0.15) is 0 Å². The van der Waals surface area contributed by atoms with Gasteiger partial charge in [0.25, 0.3) is 0 Å². The van der Waals surface area contributed by atoms with Crippen LogP contribution in [0.3, 0.4) is 0 Å². The Labute approximate surface area is 43.3 Å². The molecule has 0 aromatic carbocycles. The number of nitrogens with two attached hydrogens (primary N) is 2. The van der Waals surface area contributed by atoms with E-state index in [2.05, 4.69) is 0 Å². The zero-order chi connectivity index (χ0) is 3.86. The van der Waals surface area contributed by atoms with Crippen molar-refractivity contribution in [2.45, 2.75) is 18.5 Å². The van der Waals surface area contributed by atoms with Crippen molar-refractivity contribution in [3.05, 3.63) is 0 Å². The molecule has 1 aliphatic carbocycles. The molecule has 0 saturated heterocycles. The van der Waals surface area contributed by atoms with Gasteiger partial charge >= 0.3 is 0 Å². The van der Waals surface area contributed by atoms with Gasteiger partial charge in [0.05, 0.1) is 0 Å². The van der Waals surface area contributed by atoms with E-state index in [1.54, 1.807) is 0 Å². The lowest BCUT2D eigenvalue weighted by Crippen LogP contribution is -2.12. The molecular weight excluding hydrogens is 99.5 g/mol. The predicted molar refractivity (Wildman–Crippen MR) is 27.8 cm³/mol. The van der Waals surface area contributed by atoms with E-state index in [1.165, 1.54) is 0 Å². The van der Waals surface area contributed by atoms with Crippen LogP contribution in [0.4, 0.5) is 0 Å². The van der Waals surface area contributed by atoms with Crippen LogP contribution in [0.5, 0.6) is 0 Å². The fourth-order valence-corrected chi connectivity index (χ4v) is 0.236. The summed E-state index contributed by atoms with van der Waals surface area (Å²) < 4.78 is 0. The molecule has 1 rings (SSSR count). The summed E-state index contributed by atoms with van der Waals surface area (Å²) in [4.78, 5) is 0. The van der Waals surface area contributed by atoms with Crippen molar-refractivity contribution in [2.75, 3.05) is 0 Å². The first-order chi connectivity index (χ1) is 2.30. The monoisotopic (exact) mass is 108 g/mol. The van der Waals surface area contributed by atoms with Crippen LogP contribution < -0.4 is 11.5 Å². The maximum Gasteiger partial charge on any atom is 0.0208 e. The molecule has 38 valence electrons. The van der Waals surface area contributed by atoms with Gasteiger partial charge in [-0.25, -0.2) is 0 Å². The third-order valence-corrected chi connectivity index (χ3v) is 0.891. The number of hydrogen-bond donors (Lipinski definition) is 2. The first-order valence-corrected chi connectivity index (χ1v) is 1.82. The lowest BCUT2D eigenvalue weighted by molar-refractivity contribution is 0.962. The van der Waals surface area contributed by atoms with Crippen LogP contribution in [0.1, 0.15) is 6.42 Å². The van der Waals surface area contributed by atoms with Gasteiger partial charge in [0.1, 0.15) is 0 Å². The summed E-state index contributed by atoms with van der Waals surface area (Å²) in [7, 11) is 0. The summed E-state index contributed by atoms with van der Waals surface area (Å²) >= 11 is 0. The average molecular weight is 109 g/mol. The van der Waals surface area contributed by atoms with Crippen LogP contribution in [-0.2, 0) is 0 Å². The van der Waals surface area contributed by atoms with Gasteiger partial charge in [-0.1, -0.05) is 0 Å². The van der Waals surface area contributed by atoms with Crippen LogP contribution >= 0.6 is 12.4 Å². The first kappa shape index (κ1) is 6.21. The highest BCUT2D eigenvalue weighted by Gasteiger charge is 2.28. The van der Waals surface area contributed by atoms with Crippen molar-refractivity contribution in [3.8, 4) is 0 Å². The predicted octanol–water partition coefficient (Wildman–Crippen LogP) is -0.534. The van der Waals surface area contributed by atoms with Crippen LogP contribution in [0.25, 0.3) is 0 Å². The quantitative estimate of drug-likeness (QED) is 0.438. The molecule has 0 aromatic rings. The normalized spacial score (nSPS) is 41.0. The summed E-state index contributed by atoms with van der Waals surface area (Å²) in [6.45, 7) is 0. The van der Waals surface area contributed by atoms with E-state index in [0.717, 1.165) is 6.42 Å². The van der Waals surface area contributed by atoms with Gasteiger partial charge in [-0.05, 0) is 6.42 Å². The third-order valence-electron chi connectivity index (χ3n) is 0.891. The van der Waals surface area contributed by atoms with E-state index >= 15 is 0 Å². The molecule has 0 bridgehead atoms. The minimum Gasteiger partial charge on any atom is -0.326 e. The molecule has 0 amide bonds. The summed E-state index contributed by atoms with van der Waals surface area (Å²) in [6, 6.07) is 0.657. The van der Waals surface area contributed by atoms with Crippen LogP contribution in [0, 0.1) is 0 Å². The number of halogens is 1. The van der Waals surface area contributed by atoms with Gasteiger partial charge in [0.2, 0.25) is 0 Å².